The zero-order chi connectivity index (χ0) is 13.1. The normalized spacial score (nSPS) is 11.4. The highest BCUT2D eigenvalue weighted by Crippen LogP contribution is 2.26. The van der Waals surface area contributed by atoms with Crippen LogP contribution in [0.5, 0.6) is 0 Å². The molecule has 0 amide bonds. The molecule has 0 saturated heterocycles. The van der Waals surface area contributed by atoms with Crippen LogP contribution in [0.15, 0.2) is 42.5 Å². The van der Waals surface area contributed by atoms with Crippen molar-refractivity contribution in [1.29, 1.82) is 0 Å². The maximum atomic E-state index is 5.43. The number of aromatic amines is 1. The van der Waals surface area contributed by atoms with Gasteiger partial charge in [0.25, 0.3) is 0 Å². The van der Waals surface area contributed by atoms with Crippen molar-refractivity contribution in [3.05, 3.63) is 48.0 Å². The Bertz CT molecular complexity index is 687. The van der Waals surface area contributed by atoms with E-state index in [0.29, 0.717) is 13.2 Å². The Morgan fingerprint density at radius 1 is 0.947 bits per heavy atom. The van der Waals surface area contributed by atoms with Gasteiger partial charge in [-0.25, -0.2) is 0 Å². The predicted octanol–water partition coefficient (Wildman–Crippen LogP) is 2.84. The summed E-state index contributed by atoms with van der Waals surface area (Å²) in [5, 5.41) is 2.56. The first kappa shape index (κ1) is 12.2. The standard InChI is InChI=1S/C16H18N2O/c17-8-10-19-9-7-12-5-6-16-14(11-12)13-3-1-2-4-15(13)18-16/h1-6,11,18H,7-10,17H2. The number of aromatic nitrogens is 1. The highest BCUT2D eigenvalue weighted by atomic mass is 16.5. The molecule has 0 atom stereocenters. The number of nitrogens with two attached hydrogens (primary N) is 1. The Kier molecular flexibility index (Phi) is 3.49. The van der Waals surface area contributed by atoms with Crippen molar-refractivity contribution in [3.8, 4) is 0 Å². The summed E-state index contributed by atoms with van der Waals surface area (Å²) in [7, 11) is 0. The van der Waals surface area contributed by atoms with Gasteiger partial charge >= 0.3 is 0 Å². The van der Waals surface area contributed by atoms with Gasteiger partial charge in [-0.1, -0.05) is 24.3 Å². The molecule has 0 spiro atoms. The van der Waals surface area contributed by atoms with Crippen LogP contribution in [0.3, 0.4) is 0 Å². The molecule has 0 fully saturated rings. The summed E-state index contributed by atoms with van der Waals surface area (Å²) in [5.41, 5.74) is 9.08. The summed E-state index contributed by atoms with van der Waals surface area (Å²) in [5.74, 6) is 0. The van der Waals surface area contributed by atoms with Crippen LogP contribution >= 0.6 is 0 Å². The second kappa shape index (κ2) is 5.43. The molecule has 3 heteroatoms. The van der Waals surface area contributed by atoms with Crippen molar-refractivity contribution in [1.82, 2.24) is 4.98 Å². The largest absolute Gasteiger partial charge is 0.380 e. The van der Waals surface area contributed by atoms with Gasteiger partial charge in [0.1, 0.15) is 0 Å². The molecule has 1 heterocycles. The van der Waals surface area contributed by atoms with Crippen LogP contribution < -0.4 is 5.73 Å². The van der Waals surface area contributed by atoms with E-state index in [0.717, 1.165) is 13.0 Å². The number of hydrogen-bond donors (Lipinski definition) is 2. The van der Waals surface area contributed by atoms with Crippen molar-refractivity contribution in [2.24, 2.45) is 5.73 Å². The van der Waals surface area contributed by atoms with Crippen LogP contribution in [0.25, 0.3) is 21.8 Å². The molecule has 19 heavy (non-hydrogen) atoms. The fraction of sp³-hybridized carbons (Fsp3) is 0.250. The summed E-state index contributed by atoms with van der Waals surface area (Å²) in [4.78, 5) is 3.43. The van der Waals surface area contributed by atoms with E-state index in [1.54, 1.807) is 0 Å². The summed E-state index contributed by atoms with van der Waals surface area (Å²) in [6.07, 6.45) is 0.926. The van der Waals surface area contributed by atoms with Crippen molar-refractivity contribution >= 4 is 21.8 Å². The average Bonchev–Trinajstić information content (AvgIpc) is 2.82. The molecule has 0 bridgehead atoms. The van der Waals surface area contributed by atoms with Crippen LogP contribution in [-0.4, -0.2) is 24.7 Å². The van der Waals surface area contributed by atoms with Crippen molar-refractivity contribution in [2.45, 2.75) is 6.42 Å². The molecule has 3 aromatic rings. The fourth-order valence-corrected chi connectivity index (χ4v) is 2.43. The molecule has 0 aliphatic heterocycles. The van der Waals surface area contributed by atoms with E-state index < -0.39 is 0 Å². The van der Waals surface area contributed by atoms with Crippen molar-refractivity contribution in [3.63, 3.8) is 0 Å². The van der Waals surface area contributed by atoms with E-state index in [2.05, 4.69) is 47.4 Å². The lowest BCUT2D eigenvalue weighted by molar-refractivity contribution is 0.145. The molecule has 0 radical (unpaired) electrons. The monoisotopic (exact) mass is 254 g/mol. The van der Waals surface area contributed by atoms with Gasteiger partial charge in [-0.2, -0.15) is 0 Å². The Hall–Kier alpha value is -1.84. The van der Waals surface area contributed by atoms with E-state index in [9.17, 15) is 0 Å². The lowest BCUT2D eigenvalue weighted by Gasteiger charge is -2.03. The fourth-order valence-electron chi connectivity index (χ4n) is 2.43. The number of nitrogens with one attached hydrogen (secondary N) is 1. The molecule has 3 nitrogen and oxygen atoms in total. The lowest BCUT2D eigenvalue weighted by Crippen LogP contribution is -2.10. The van der Waals surface area contributed by atoms with Gasteiger partial charge in [0.05, 0.1) is 13.2 Å². The summed E-state index contributed by atoms with van der Waals surface area (Å²) < 4.78 is 5.43. The molecular formula is C16H18N2O. The second-order valence-corrected chi connectivity index (χ2v) is 4.70. The number of benzene rings is 2. The van der Waals surface area contributed by atoms with Gasteiger partial charge in [-0.15, -0.1) is 0 Å². The van der Waals surface area contributed by atoms with Crippen LogP contribution in [0.4, 0.5) is 0 Å². The molecular weight excluding hydrogens is 236 g/mol. The first-order valence-corrected chi connectivity index (χ1v) is 6.65. The highest BCUT2D eigenvalue weighted by molar-refractivity contribution is 6.07. The van der Waals surface area contributed by atoms with E-state index in [1.165, 1.54) is 27.4 Å². The van der Waals surface area contributed by atoms with E-state index in [1.807, 2.05) is 0 Å². The Morgan fingerprint density at radius 3 is 2.68 bits per heavy atom. The molecule has 0 saturated carbocycles. The number of H-pyrrole nitrogens is 1. The van der Waals surface area contributed by atoms with E-state index in [4.69, 9.17) is 10.5 Å². The number of fused-ring (bicyclic) bond motifs is 3. The van der Waals surface area contributed by atoms with Gasteiger partial charge in [0.15, 0.2) is 0 Å². The molecule has 0 aliphatic rings. The van der Waals surface area contributed by atoms with Crippen LogP contribution in [0.2, 0.25) is 0 Å². The first-order valence-electron chi connectivity index (χ1n) is 6.65. The zero-order valence-electron chi connectivity index (χ0n) is 10.9. The molecule has 3 rings (SSSR count). The molecule has 2 aromatic carbocycles. The molecule has 1 aromatic heterocycles. The third-order valence-electron chi connectivity index (χ3n) is 3.37. The number of para-hydroxylation sites is 1. The first-order chi connectivity index (χ1) is 9.38. The average molecular weight is 254 g/mol. The smallest absolute Gasteiger partial charge is 0.0588 e. The van der Waals surface area contributed by atoms with Crippen molar-refractivity contribution in [2.75, 3.05) is 19.8 Å². The Morgan fingerprint density at radius 2 is 1.79 bits per heavy atom. The minimum absolute atomic E-state index is 0.585. The topological polar surface area (TPSA) is 51.0 Å². The summed E-state index contributed by atoms with van der Waals surface area (Å²) in [6, 6.07) is 14.9. The van der Waals surface area contributed by atoms with Crippen LogP contribution in [0.1, 0.15) is 5.56 Å². The third kappa shape index (κ3) is 2.48. The highest BCUT2D eigenvalue weighted by Gasteiger charge is 2.04. The minimum Gasteiger partial charge on any atom is -0.380 e. The zero-order valence-corrected chi connectivity index (χ0v) is 10.9. The Labute approximate surface area is 112 Å². The minimum atomic E-state index is 0.585. The van der Waals surface area contributed by atoms with Crippen molar-refractivity contribution < 1.29 is 4.74 Å². The van der Waals surface area contributed by atoms with Crippen LogP contribution in [-0.2, 0) is 11.2 Å². The SMILES string of the molecule is NCCOCCc1ccc2[nH]c3ccccc3c2c1. The summed E-state index contributed by atoms with van der Waals surface area (Å²) in [6.45, 7) is 1.95. The van der Waals surface area contributed by atoms with Gasteiger partial charge in [0, 0.05) is 28.4 Å². The molecule has 0 aliphatic carbocycles. The van der Waals surface area contributed by atoms with E-state index in [-0.39, 0.29) is 0 Å². The number of ether oxygens (including phenoxy) is 1. The molecule has 0 unspecified atom stereocenters. The Balaban J connectivity index is 1.89. The maximum absolute atomic E-state index is 5.43. The van der Waals surface area contributed by atoms with E-state index >= 15 is 0 Å². The lowest BCUT2D eigenvalue weighted by atomic mass is 10.1. The summed E-state index contributed by atoms with van der Waals surface area (Å²) >= 11 is 0. The van der Waals surface area contributed by atoms with Crippen LogP contribution in [0, 0.1) is 0 Å². The second-order valence-electron chi connectivity index (χ2n) is 4.70. The third-order valence-corrected chi connectivity index (χ3v) is 3.37. The van der Waals surface area contributed by atoms with Gasteiger partial charge < -0.3 is 15.5 Å². The van der Waals surface area contributed by atoms with Gasteiger partial charge in [-0.3, -0.25) is 0 Å². The number of hydrogen-bond acceptors (Lipinski definition) is 2. The quantitative estimate of drug-likeness (QED) is 0.688. The number of rotatable bonds is 5. The maximum Gasteiger partial charge on any atom is 0.0588 e. The molecule has 98 valence electrons. The van der Waals surface area contributed by atoms with Gasteiger partial charge in [-0.05, 0) is 30.2 Å². The van der Waals surface area contributed by atoms with Gasteiger partial charge in [0.2, 0.25) is 0 Å². The molecule has 3 N–H and O–H groups in total. The predicted molar refractivity (Wildman–Crippen MR) is 79.4 cm³/mol.